The number of fused-ring (bicyclic) bond motifs is 1. The quantitative estimate of drug-likeness (QED) is 0.440. The lowest BCUT2D eigenvalue weighted by molar-refractivity contribution is -0.115. The summed E-state index contributed by atoms with van der Waals surface area (Å²) < 4.78 is 33.5. The fourth-order valence-electron chi connectivity index (χ4n) is 3.61. The number of carbonyl (C=O) groups excluding carboxylic acids is 1. The minimum absolute atomic E-state index is 0.103. The highest BCUT2D eigenvalue weighted by Gasteiger charge is 2.27. The molecule has 7 heteroatoms. The number of hydrogen-bond donors (Lipinski definition) is 0. The van der Waals surface area contributed by atoms with Crippen molar-refractivity contribution in [3.05, 3.63) is 82.8 Å². The third-order valence-corrected chi connectivity index (χ3v) is 5.40. The van der Waals surface area contributed by atoms with Gasteiger partial charge in [-0.1, -0.05) is 18.2 Å². The first-order chi connectivity index (χ1) is 16.9. The van der Waals surface area contributed by atoms with Gasteiger partial charge in [-0.15, -0.1) is 0 Å². The average molecular weight is 475 g/mol. The van der Waals surface area contributed by atoms with Crippen molar-refractivity contribution in [3.8, 4) is 34.5 Å². The number of Topliss-reactive ketones (excluding diaryl/α,β-unsaturated/α-hetero) is 1. The summed E-state index contributed by atoms with van der Waals surface area (Å²) in [6.07, 6.45) is 3.29. The van der Waals surface area contributed by atoms with E-state index >= 15 is 0 Å². The van der Waals surface area contributed by atoms with Gasteiger partial charge in [0.15, 0.2) is 46.0 Å². The van der Waals surface area contributed by atoms with Crippen LogP contribution >= 0.6 is 0 Å². The Morgan fingerprint density at radius 1 is 0.600 bits per heavy atom. The SMILES string of the molecule is COc1ccc(C=C2Oc3ccc(C)cc3OC(=Cc3ccc(OC)c(OC)c3)C2=O)cc1OC. The van der Waals surface area contributed by atoms with E-state index in [1.54, 1.807) is 70.9 Å². The van der Waals surface area contributed by atoms with Crippen LogP contribution < -0.4 is 28.4 Å². The van der Waals surface area contributed by atoms with E-state index < -0.39 is 5.78 Å². The van der Waals surface area contributed by atoms with E-state index in [2.05, 4.69) is 0 Å². The number of carbonyl (C=O) groups is 1. The van der Waals surface area contributed by atoms with Gasteiger partial charge in [-0.25, -0.2) is 0 Å². The summed E-state index contributed by atoms with van der Waals surface area (Å²) >= 11 is 0. The molecule has 1 aliphatic rings. The molecule has 4 rings (SSSR count). The predicted molar refractivity (Wildman–Crippen MR) is 132 cm³/mol. The Morgan fingerprint density at radius 2 is 1.09 bits per heavy atom. The van der Waals surface area contributed by atoms with Gasteiger partial charge in [-0.05, 0) is 72.2 Å². The molecule has 0 saturated carbocycles. The number of benzene rings is 3. The molecule has 3 aromatic carbocycles. The minimum atomic E-state index is -0.413. The van der Waals surface area contributed by atoms with Crippen molar-refractivity contribution in [2.75, 3.05) is 28.4 Å². The van der Waals surface area contributed by atoms with Gasteiger partial charge in [0.05, 0.1) is 28.4 Å². The number of methoxy groups -OCH3 is 4. The zero-order valence-corrected chi connectivity index (χ0v) is 20.2. The fraction of sp³-hybridized carbons (Fsp3) is 0.179. The first-order valence-corrected chi connectivity index (χ1v) is 10.8. The van der Waals surface area contributed by atoms with E-state index in [9.17, 15) is 4.79 Å². The lowest BCUT2D eigenvalue weighted by atomic mass is 10.1. The third-order valence-electron chi connectivity index (χ3n) is 5.40. The highest BCUT2D eigenvalue weighted by Crippen LogP contribution is 2.37. The van der Waals surface area contributed by atoms with Crippen LogP contribution in [-0.4, -0.2) is 34.2 Å². The van der Waals surface area contributed by atoms with Gasteiger partial charge in [0.2, 0.25) is 0 Å². The Morgan fingerprint density at radius 3 is 1.57 bits per heavy atom. The number of ketones is 1. The van der Waals surface area contributed by atoms with E-state index in [1.807, 2.05) is 31.2 Å². The maximum absolute atomic E-state index is 13.6. The van der Waals surface area contributed by atoms with Crippen LogP contribution in [0.3, 0.4) is 0 Å². The van der Waals surface area contributed by atoms with Gasteiger partial charge < -0.3 is 28.4 Å². The summed E-state index contributed by atoms with van der Waals surface area (Å²) in [7, 11) is 6.24. The smallest absolute Gasteiger partial charge is 0.263 e. The normalized spacial score (nSPS) is 15.1. The molecule has 0 saturated heterocycles. The van der Waals surface area contributed by atoms with Gasteiger partial charge in [0, 0.05) is 0 Å². The van der Waals surface area contributed by atoms with Crippen molar-refractivity contribution >= 4 is 17.9 Å². The molecule has 0 atom stereocenters. The van der Waals surface area contributed by atoms with E-state index in [0.717, 1.165) is 5.56 Å². The van der Waals surface area contributed by atoms with Gasteiger partial charge in [0.1, 0.15) is 0 Å². The second kappa shape index (κ2) is 10.3. The zero-order valence-electron chi connectivity index (χ0n) is 20.2. The van der Waals surface area contributed by atoms with Crippen LogP contribution in [0.4, 0.5) is 0 Å². The summed E-state index contributed by atoms with van der Waals surface area (Å²) in [5, 5.41) is 0. The summed E-state index contributed by atoms with van der Waals surface area (Å²) in [6.45, 7) is 1.94. The van der Waals surface area contributed by atoms with Crippen molar-refractivity contribution in [1.82, 2.24) is 0 Å². The van der Waals surface area contributed by atoms with Crippen LogP contribution in [0.1, 0.15) is 16.7 Å². The molecule has 1 heterocycles. The van der Waals surface area contributed by atoms with Crippen LogP contribution in [0.25, 0.3) is 12.2 Å². The molecule has 0 unspecified atom stereocenters. The molecule has 0 aromatic heterocycles. The molecule has 0 bridgehead atoms. The zero-order chi connectivity index (χ0) is 24.9. The Bertz CT molecular complexity index is 1320. The van der Waals surface area contributed by atoms with E-state index in [1.165, 1.54) is 0 Å². The van der Waals surface area contributed by atoms with Crippen LogP contribution in [-0.2, 0) is 4.79 Å². The number of hydrogen-bond acceptors (Lipinski definition) is 7. The van der Waals surface area contributed by atoms with Crippen molar-refractivity contribution in [3.63, 3.8) is 0 Å². The van der Waals surface area contributed by atoms with E-state index in [4.69, 9.17) is 28.4 Å². The summed E-state index contributed by atoms with van der Waals surface area (Å²) in [5.74, 6) is 2.92. The molecule has 3 aromatic rings. The maximum atomic E-state index is 13.6. The Hall–Kier alpha value is -4.39. The molecule has 0 N–H and O–H groups in total. The topological polar surface area (TPSA) is 72.5 Å². The molecule has 0 radical (unpaired) electrons. The predicted octanol–water partition coefficient (Wildman–Crippen LogP) is 5.45. The Labute approximate surface area is 204 Å². The van der Waals surface area contributed by atoms with Gasteiger partial charge >= 0.3 is 0 Å². The molecule has 180 valence electrons. The van der Waals surface area contributed by atoms with E-state index in [-0.39, 0.29) is 11.5 Å². The average Bonchev–Trinajstić information content (AvgIpc) is 3.00. The lowest BCUT2D eigenvalue weighted by Crippen LogP contribution is -2.12. The van der Waals surface area contributed by atoms with Crippen molar-refractivity contribution in [2.24, 2.45) is 0 Å². The molecule has 0 aliphatic carbocycles. The second-order valence-corrected chi connectivity index (χ2v) is 7.73. The highest BCUT2D eigenvalue weighted by molar-refractivity contribution is 6.11. The molecule has 7 nitrogen and oxygen atoms in total. The highest BCUT2D eigenvalue weighted by atomic mass is 16.5. The number of ether oxygens (including phenoxy) is 6. The number of rotatable bonds is 6. The summed E-state index contributed by atoms with van der Waals surface area (Å²) in [6, 6.07) is 16.2. The molecule has 0 amide bonds. The van der Waals surface area contributed by atoms with Crippen LogP contribution in [0.5, 0.6) is 34.5 Å². The van der Waals surface area contributed by atoms with Crippen molar-refractivity contribution in [2.45, 2.75) is 6.92 Å². The minimum Gasteiger partial charge on any atom is -0.493 e. The molecule has 0 fully saturated rings. The molecule has 0 spiro atoms. The van der Waals surface area contributed by atoms with Crippen LogP contribution in [0.2, 0.25) is 0 Å². The Kier molecular flexibility index (Phi) is 6.96. The lowest BCUT2D eigenvalue weighted by Gasteiger charge is -2.10. The molecular formula is C28H26O7. The standard InChI is InChI=1S/C28H26O7/c1-17-6-9-22-25(12-17)35-27(16-19-8-11-21(31-3)24(14-19)33-5)28(29)26(34-22)15-18-7-10-20(30-2)23(13-18)32-4/h6-16H,1-5H3. The van der Waals surface area contributed by atoms with Crippen molar-refractivity contribution < 1.29 is 33.2 Å². The van der Waals surface area contributed by atoms with Crippen molar-refractivity contribution in [1.29, 1.82) is 0 Å². The number of aryl methyl sites for hydroxylation is 1. The summed E-state index contributed by atoms with van der Waals surface area (Å²) in [5.41, 5.74) is 2.37. The third kappa shape index (κ3) is 5.09. The van der Waals surface area contributed by atoms with E-state index in [0.29, 0.717) is 45.6 Å². The van der Waals surface area contributed by atoms with Crippen LogP contribution in [0, 0.1) is 6.92 Å². The summed E-state index contributed by atoms with van der Waals surface area (Å²) in [4.78, 5) is 13.6. The molecule has 1 aliphatic heterocycles. The Balaban J connectivity index is 1.81. The van der Waals surface area contributed by atoms with Gasteiger partial charge in [-0.3, -0.25) is 4.79 Å². The first kappa shape index (κ1) is 23.8. The van der Waals surface area contributed by atoms with Crippen LogP contribution in [0.15, 0.2) is 66.1 Å². The second-order valence-electron chi connectivity index (χ2n) is 7.73. The molecular weight excluding hydrogens is 448 g/mol. The maximum Gasteiger partial charge on any atom is 0.263 e. The molecule has 35 heavy (non-hydrogen) atoms. The first-order valence-electron chi connectivity index (χ1n) is 10.8. The largest absolute Gasteiger partial charge is 0.493 e. The van der Waals surface area contributed by atoms with Gasteiger partial charge in [-0.2, -0.15) is 0 Å². The monoisotopic (exact) mass is 474 g/mol. The van der Waals surface area contributed by atoms with Gasteiger partial charge in [0.25, 0.3) is 5.78 Å². The fourth-order valence-corrected chi connectivity index (χ4v) is 3.61.